The van der Waals surface area contributed by atoms with Gasteiger partial charge in [0.25, 0.3) is 6.02 Å². The molecule has 0 aromatic carbocycles. The molecule has 2 aliphatic heterocycles. The molecule has 6 nitrogen and oxygen atoms in total. The number of ether oxygens (including phenoxy) is 2. The highest BCUT2D eigenvalue weighted by atomic mass is 16.6. The second-order valence-electron chi connectivity index (χ2n) is 5.47. The fourth-order valence-electron chi connectivity index (χ4n) is 1.92. The van der Waals surface area contributed by atoms with E-state index in [2.05, 4.69) is 9.89 Å². The number of carbonyl (C=O) groups excluding carboxylic acids is 1. The van der Waals surface area contributed by atoms with Gasteiger partial charge in [-0.25, -0.2) is 9.79 Å². The van der Waals surface area contributed by atoms with Crippen molar-refractivity contribution in [3.63, 3.8) is 0 Å². The Morgan fingerprint density at radius 1 is 1.28 bits per heavy atom. The van der Waals surface area contributed by atoms with Crippen LogP contribution >= 0.6 is 0 Å². The number of hydrogen-bond donors (Lipinski definition) is 0. The summed E-state index contributed by atoms with van der Waals surface area (Å²) in [4.78, 5) is 20.0. The van der Waals surface area contributed by atoms with Crippen LogP contribution in [0.2, 0.25) is 0 Å². The van der Waals surface area contributed by atoms with Crippen molar-refractivity contribution in [2.24, 2.45) is 4.99 Å². The number of nitrogens with zero attached hydrogens (tertiary/aromatic N) is 3. The van der Waals surface area contributed by atoms with E-state index >= 15 is 0 Å². The van der Waals surface area contributed by atoms with Crippen LogP contribution in [0.25, 0.3) is 0 Å². The van der Waals surface area contributed by atoms with Gasteiger partial charge in [-0.05, 0) is 20.8 Å². The third-order valence-electron chi connectivity index (χ3n) is 2.77. The van der Waals surface area contributed by atoms with Gasteiger partial charge in [-0.2, -0.15) is 0 Å². The van der Waals surface area contributed by atoms with E-state index in [0.717, 1.165) is 25.7 Å². The van der Waals surface area contributed by atoms with E-state index in [4.69, 9.17) is 9.47 Å². The Morgan fingerprint density at radius 3 is 2.44 bits per heavy atom. The first-order valence-corrected chi connectivity index (χ1v) is 6.36. The molecule has 0 aromatic heterocycles. The van der Waals surface area contributed by atoms with E-state index in [-0.39, 0.29) is 6.09 Å². The molecule has 0 atom stereocenters. The van der Waals surface area contributed by atoms with Crippen molar-refractivity contribution >= 4 is 12.1 Å². The van der Waals surface area contributed by atoms with Crippen LogP contribution in [0.1, 0.15) is 20.8 Å². The second kappa shape index (κ2) is 5.04. The van der Waals surface area contributed by atoms with Gasteiger partial charge in [-0.15, -0.1) is 0 Å². The summed E-state index contributed by atoms with van der Waals surface area (Å²) in [5.41, 5.74) is -0.438. The topological polar surface area (TPSA) is 54.4 Å². The Hall–Kier alpha value is -1.46. The third-order valence-corrected chi connectivity index (χ3v) is 2.77. The standard InChI is InChI=1S/C12H21N3O3/c1-12(2,3)18-11(16)15-7-5-14(6-8-15)10-13-4-9-17-10/h4-9H2,1-3H3. The highest BCUT2D eigenvalue weighted by Gasteiger charge is 2.28. The zero-order valence-electron chi connectivity index (χ0n) is 11.3. The van der Waals surface area contributed by atoms with E-state index in [1.807, 2.05) is 20.8 Å². The average molecular weight is 255 g/mol. The zero-order valence-corrected chi connectivity index (χ0v) is 11.3. The molecule has 1 fully saturated rings. The van der Waals surface area contributed by atoms with Crippen LogP contribution in [0.4, 0.5) is 4.79 Å². The van der Waals surface area contributed by atoms with Crippen LogP contribution in [0, 0.1) is 0 Å². The van der Waals surface area contributed by atoms with Crippen LogP contribution in [-0.4, -0.2) is 66.8 Å². The fraction of sp³-hybridized carbons (Fsp3) is 0.833. The van der Waals surface area contributed by atoms with Crippen LogP contribution in [-0.2, 0) is 9.47 Å². The van der Waals surface area contributed by atoms with Crippen molar-refractivity contribution in [1.82, 2.24) is 9.80 Å². The highest BCUT2D eigenvalue weighted by molar-refractivity contribution is 5.75. The van der Waals surface area contributed by atoms with Gasteiger partial charge in [0.05, 0.1) is 6.54 Å². The number of piperazine rings is 1. The Bertz CT molecular complexity index is 341. The normalized spacial score (nSPS) is 20.5. The Kier molecular flexibility index (Phi) is 3.63. The van der Waals surface area contributed by atoms with Crippen molar-refractivity contribution in [2.75, 3.05) is 39.3 Å². The average Bonchev–Trinajstić information content (AvgIpc) is 2.80. The van der Waals surface area contributed by atoms with Gasteiger partial charge in [-0.3, -0.25) is 0 Å². The van der Waals surface area contributed by atoms with Crippen LogP contribution in [0.5, 0.6) is 0 Å². The summed E-state index contributed by atoms with van der Waals surface area (Å²) in [5.74, 6) is 0. The molecule has 0 aliphatic carbocycles. The molecule has 0 N–H and O–H groups in total. The molecule has 2 heterocycles. The number of hydrogen-bond acceptors (Lipinski definition) is 5. The number of amides is 1. The van der Waals surface area contributed by atoms with E-state index < -0.39 is 5.60 Å². The van der Waals surface area contributed by atoms with Crippen molar-refractivity contribution in [2.45, 2.75) is 26.4 Å². The number of carbonyl (C=O) groups is 1. The smallest absolute Gasteiger partial charge is 0.410 e. The first kappa shape index (κ1) is 13.0. The lowest BCUT2D eigenvalue weighted by atomic mass is 10.2. The predicted octanol–water partition coefficient (Wildman–Crippen LogP) is 0.925. The molecular weight excluding hydrogens is 234 g/mol. The lowest BCUT2D eigenvalue weighted by Gasteiger charge is -2.35. The number of aliphatic imine (C=N–C) groups is 1. The molecule has 0 spiro atoms. The monoisotopic (exact) mass is 255 g/mol. The van der Waals surface area contributed by atoms with E-state index in [0.29, 0.717) is 19.7 Å². The Labute approximate surface area is 108 Å². The van der Waals surface area contributed by atoms with Crippen molar-refractivity contribution in [3.8, 4) is 0 Å². The molecule has 0 bridgehead atoms. The molecule has 1 saturated heterocycles. The molecule has 102 valence electrons. The van der Waals surface area contributed by atoms with Crippen LogP contribution < -0.4 is 0 Å². The molecule has 0 unspecified atom stereocenters. The van der Waals surface area contributed by atoms with E-state index in [1.165, 1.54) is 0 Å². The van der Waals surface area contributed by atoms with Crippen molar-refractivity contribution in [1.29, 1.82) is 0 Å². The Balaban J connectivity index is 1.81. The SMILES string of the molecule is CC(C)(C)OC(=O)N1CCN(C2=NCCO2)CC1. The van der Waals surface area contributed by atoms with E-state index in [1.54, 1.807) is 4.90 Å². The minimum Gasteiger partial charge on any atom is -0.463 e. The summed E-state index contributed by atoms with van der Waals surface area (Å²) in [5, 5.41) is 0. The van der Waals surface area contributed by atoms with E-state index in [9.17, 15) is 4.79 Å². The molecular formula is C12H21N3O3. The fourth-order valence-corrected chi connectivity index (χ4v) is 1.92. The van der Waals surface area contributed by atoms with Gasteiger partial charge in [0, 0.05) is 26.2 Å². The minimum absolute atomic E-state index is 0.239. The van der Waals surface area contributed by atoms with Gasteiger partial charge in [0.15, 0.2) is 0 Å². The predicted molar refractivity (Wildman–Crippen MR) is 67.6 cm³/mol. The van der Waals surface area contributed by atoms with Gasteiger partial charge in [0.2, 0.25) is 0 Å². The molecule has 0 radical (unpaired) electrons. The summed E-state index contributed by atoms with van der Waals surface area (Å²) in [6.45, 7) is 9.83. The third kappa shape index (κ3) is 3.27. The summed E-state index contributed by atoms with van der Waals surface area (Å²) in [6, 6.07) is 0.721. The molecule has 18 heavy (non-hydrogen) atoms. The molecule has 6 heteroatoms. The zero-order chi connectivity index (χ0) is 13.2. The quantitative estimate of drug-likeness (QED) is 0.646. The summed E-state index contributed by atoms with van der Waals surface area (Å²) >= 11 is 0. The molecule has 2 rings (SSSR count). The van der Waals surface area contributed by atoms with Gasteiger partial charge < -0.3 is 19.3 Å². The first-order valence-electron chi connectivity index (χ1n) is 6.36. The van der Waals surface area contributed by atoms with Gasteiger partial charge in [0.1, 0.15) is 12.2 Å². The maximum atomic E-state index is 11.9. The Morgan fingerprint density at radius 2 is 1.94 bits per heavy atom. The summed E-state index contributed by atoms with van der Waals surface area (Å²) in [6.07, 6.45) is -0.239. The lowest BCUT2D eigenvalue weighted by Crippen LogP contribution is -2.51. The largest absolute Gasteiger partial charge is 0.463 e. The van der Waals surface area contributed by atoms with Crippen molar-refractivity contribution < 1.29 is 14.3 Å². The molecule has 2 aliphatic rings. The number of amidine groups is 1. The second-order valence-corrected chi connectivity index (χ2v) is 5.47. The summed E-state index contributed by atoms with van der Waals surface area (Å²) in [7, 11) is 0. The molecule has 0 saturated carbocycles. The first-order chi connectivity index (χ1) is 8.46. The van der Waals surface area contributed by atoms with Crippen molar-refractivity contribution in [3.05, 3.63) is 0 Å². The summed E-state index contributed by atoms with van der Waals surface area (Å²) < 4.78 is 10.8. The maximum Gasteiger partial charge on any atom is 0.410 e. The van der Waals surface area contributed by atoms with Gasteiger partial charge in [-0.1, -0.05) is 0 Å². The number of rotatable bonds is 0. The van der Waals surface area contributed by atoms with Gasteiger partial charge >= 0.3 is 6.09 Å². The molecule has 1 amide bonds. The van der Waals surface area contributed by atoms with Crippen LogP contribution in [0.3, 0.4) is 0 Å². The van der Waals surface area contributed by atoms with Crippen LogP contribution in [0.15, 0.2) is 4.99 Å². The maximum absolute atomic E-state index is 11.9. The molecule has 0 aromatic rings. The highest BCUT2D eigenvalue weighted by Crippen LogP contribution is 2.12. The minimum atomic E-state index is -0.438. The lowest BCUT2D eigenvalue weighted by molar-refractivity contribution is 0.0175.